The predicted molar refractivity (Wildman–Crippen MR) is 48.2 cm³/mol. The van der Waals surface area contributed by atoms with Crippen molar-refractivity contribution in [1.29, 1.82) is 0 Å². The molecule has 0 aromatic heterocycles. The van der Waals surface area contributed by atoms with Gasteiger partial charge in [-0.2, -0.15) is 0 Å². The Morgan fingerprint density at radius 3 is 2.83 bits per heavy atom. The van der Waals surface area contributed by atoms with Crippen LogP contribution in [-0.4, -0.2) is 22.9 Å². The second-order valence-corrected chi connectivity index (χ2v) is 3.96. The topological polar surface area (TPSA) is 37.3 Å². The summed E-state index contributed by atoms with van der Waals surface area (Å²) in [5, 5.41) is 9.51. The number of aliphatic hydroxyl groups is 1. The van der Waals surface area contributed by atoms with Gasteiger partial charge in [-0.1, -0.05) is 6.92 Å². The van der Waals surface area contributed by atoms with E-state index >= 15 is 0 Å². The Morgan fingerprint density at radius 2 is 2.25 bits per heavy atom. The fourth-order valence-corrected chi connectivity index (χ4v) is 2.01. The monoisotopic (exact) mass is 190 g/mol. The lowest BCUT2D eigenvalue weighted by Gasteiger charge is -2.29. The van der Waals surface area contributed by atoms with E-state index in [1.807, 2.05) is 0 Å². The molecule has 12 heavy (non-hydrogen) atoms. The summed E-state index contributed by atoms with van der Waals surface area (Å²) in [5.41, 5.74) is 0. The lowest BCUT2D eigenvalue weighted by Crippen LogP contribution is -2.34. The molecule has 0 amide bonds. The summed E-state index contributed by atoms with van der Waals surface area (Å²) in [6, 6.07) is 0. The quantitative estimate of drug-likeness (QED) is 0.672. The second kappa shape index (κ2) is 4.24. The van der Waals surface area contributed by atoms with Crippen molar-refractivity contribution >= 4 is 17.4 Å². The van der Waals surface area contributed by atoms with Crippen LogP contribution in [0.25, 0.3) is 0 Å². The molecule has 1 aliphatic rings. The van der Waals surface area contributed by atoms with Gasteiger partial charge >= 0.3 is 0 Å². The molecule has 3 atom stereocenters. The van der Waals surface area contributed by atoms with E-state index < -0.39 is 6.10 Å². The van der Waals surface area contributed by atoms with Crippen LogP contribution >= 0.6 is 11.6 Å². The number of carbonyl (C=O) groups is 1. The molecule has 1 aliphatic carbocycles. The standard InChI is InChI=1S/C9H15ClO2/c1-6-2-3-8(11)7(4-6)9(12)5-10/h6-8,11H,2-5H2,1H3/t6-,7+,8-/m0/s1. The SMILES string of the molecule is C[C@H]1CC[C@H](O)[C@H](C(=O)CCl)C1. The van der Waals surface area contributed by atoms with E-state index in [2.05, 4.69) is 6.92 Å². The molecule has 0 aromatic rings. The summed E-state index contributed by atoms with van der Waals surface area (Å²) in [4.78, 5) is 11.2. The van der Waals surface area contributed by atoms with Gasteiger partial charge in [0.05, 0.1) is 12.0 Å². The lowest BCUT2D eigenvalue weighted by atomic mass is 9.78. The number of alkyl halides is 1. The molecule has 70 valence electrons. The van der Waals surface area contributed by atoms with Gasteiger partial charge in [-0.3, -0.25) is 4.79 Å². The summed E-state index contributed by atoms with van der Waals surface area (Å²) >= 11 is 5.44. The largest absolute Gasteiger partial charge is 0.392 e. The van der Waals surface area contributed by atoms with Crippen molar-refractivity contribution in [3.8, 4) is 0 Å². The summed E-state index contributed by atoms with van der Waals surface area (Å²) in [6.45, 7) is 2.11. The highest BCUT2D eigenvalue weighted by atomic mass is 35.5. The van der Waals surface area contributed by atoms with E-state index in [9.17, 15) is 9.90 Å². The van der Waals surface area contributed by atoms with E-state index in [0.29, 0.717) is 5.92 Å². The number of aliphatic hydroxyl groups excluding tert-OH is 1. The summed E-state index contributed by atoms with van der Waals surface area (Å²) in [5.74, 6) is 0.376. The van der Waals surface area contributed by atoms with Gasteiger partial charge < -0.3 is 5.11 Å². The maximum absolute atomic E-state index is 11.2. The minimum atomic E-state index is -0.451. The molecular weight excluding hydrogens is 176 g/mol. The third-order valence-corrected chi connectivity index (χ3v) is 2.88. The molecule has 1 saturated carbocycles. The average Bonchev–Trinajstić information content (AvgIpc) is 2.08. The average molecular weight is 191 g/mol. The first-order chi connectivity index (χ1) is 5.65. The van der Waals surface area contributed by atoms with Crippen LogP contribution in [0.5, 0.6) is 0 Å². The molecule has 1 rings (SSSR count). The molecule has 0 spiro atoms. The lowest BCUT2D eigenvalue weighted by molar-refractivity contribution is -0.126. The molecule has 0 radical (unpaired) electrons. The zero-order valence-electron chi connectivity index (χ0n) is 7.29. The number of hydrogen-bond acceptors (Lipinski definition) is 2. The Labute approximate surface area is 77.9 Å². The van der Waals surface area contributed by atoms with Crippen molar-refractivity contribution in [2.75, 3.05) is 5.88 Å². The normalized spacial score (nSPS) is 36.4. The smallest absolute Gasteiger partial charge is 0.153 e. The first kappa shape index (κ1) is 10.0. The number of Topliss-reactive ketones (excluding diaryl/α,β-unsaturated/α-hetero) is 1. The fourth-order valence-electron chi connectivity index (χ4n) is 1.81. The molecule has 1 fully saturated rings. The Kier molecular flexibility index (Phi) is 3.53. The van der Waals surface area contributed by atoms with Crippen molar-refractivity contribution in [3.63, 3.8) is 0 Å². The van der Waals surface area contributed by atoms with E-state index in [4.69, 9.17) is 11.6 Å². The second-order valence-electron chi connectivity index (χ2n) is 3.69. The molecule has 1 N–H and O–H groups in total. The molecule has 2 nitrogen and oxygen atoms in total. The fraction of sp³-hybridized carbons (Fsp3) is 0.889. The Balaban J connectivity index is 2.54. The Hall–Kier alpha value is -0.0800. The van der Waals surface area contributed by atoms with Crippen LogP contribution in [0.15, 0.2) is 0 Å². The first-order valence-corrected chi connectivity index (χ1v) is 4.95. The Morgan fingerprint density at radius 1 is 1.58 bits per heavy atom. The maximum atomic E-state index is 11.2. The summed E-state index contributed by atoms with van der Waals surface area (Å²) in [7, 11) is 0. The molecule has 0 heterocycles. The third kappa shape index (κ3) is 2.20. The predicted octanol–water partition coefficient (Wildman–Crippen LogP) is 1.59. The van der Waals surface area contributed by atoms with Crippen LogP contribution in [0.2, 0.25) is 0 Å². The summed E-state index contributed by atoms with van der Waals surface area (Å²) in [6.07, 6.45) is 2.11. The van der Waals surface area contributed by atoms with Crippen LogP contribution in [-0.2, 0) is 4.79 Å². The molecule has 0 bridgehead atoms. The van der Waals surface area contributed by atoms with Crippen LogP contribution < -0.4 is 0 Å². The van der Waals surface area contributed by atoms with Gasteiger partial charge in [-0.25, -0.2) is 0 Å². The zero-order chi connectivity index (χ0) is 9.14. The number of ketones is 1. The van der Waals surface area contributed by atoms with Gasteiger partial charge in [-0.05, 0) is 25.2 Å². The van der Waals surface area contributed by atoms with Gasteiger partial charge in [0, 0.05) is 5.92 Å². The van der Waals surface area contributed by atoms with E-state index in [-0.39, 0.29) is 17.6 Å². The van der Waals surface area contributed by atoms with Gasteiger partial charge in [-0.15, -0.1) is 11.6 Å². The van der Waals surface area contributed by atoms with Gasteiger partial charge in [0.25, 0.3) is 0 Å². The van der Waals surface area contributed by atoms with E-state index in [1.165, 1.54) is 0 Å². The highest BCUT2D eigenvalue weighted by Crippen LogP contribution is 2.29. The molecule has 3 heteroatoms. The van der Waals surface area contributed by atoms with E-state index in [1.54, 1.807) is 0 Å². The van der Waals surface area contributed by atoms with Crippen molar-refractivity contribution in [2.24, 2.45) is 11.8 Å². The number of hydrogen-bond donors (Lipinski definition) is 1. The molecule has 0 unspecified atom stereocenters. The molecular formula is C9H15ClO2. The van der Waals surface area contributed by atoms with Crippen LogP contribution in [0.3, 0.4) is 0 Å². The van der Waals surface area contributed by atoms with Crippen molar-refractivity contribution < 1.29 is 9.90 Å². The van der Waals surface area contributed by atoms with Crippen LogP contribution in [0.1, 0.15) is 26.2 Å². The first-order valence-electron chi connectivity index (χ1n) is 4.42. The Bertz CT molecular complexity index is 170. The van der Waals surface area contributed by atoms with Crippen molar-refractivity contribution in [3.05, 3.63) is 0 Å². The zero-order valence-corrected chi connectivity index (χ0v) is 8.05. The highest BCUT2D eigenvalue weighted by Gasteiger charge is 2.31. The van der Waals surface area contributed by atoms with Gasteiger partial charge in [0.1, 0.15) is 0 Å². The minimum Gasteiger partial charge on any atom is -0.392 e. The number of carbonyl (C=O) groups excluding carboxylic acids is 1. The highest BCUT2D eigenvalue weighted by molar-refractivity contribution is 6.27. The van der Waals surface area contributed by atoms with E-state index in [0.717, 1.165) is 19.3 Å². The van der Waals surface area contributed by atoms with Crippen LogP contribution in [0.4, 0.5) is 0 Å². The third-order valence-electron chi connectivity index (χ3n) is 2.62. The summed E-state index contributed by atoms with van der Waals surface area (Å²) < 4.78 is 0. The van der Waals surface area contributed by atoms with Gasteiger partial charge in [0.15, 0.2) is 5.78 Å². The number of rotatable bonds is 2. The maximum Gasteiger partial charge on any atom is 0.153 e. The van der Waals surface area contributed by atoms with Crippen LogP contribution in [0, 0.1) is 11.8 Å². The molecule has 0 saturated heterocycles. The number of halogens is 1. The van der Waals surface area contributed by atoms with Gasteiger partial charge in [0.2, 0.25) is 0 Å². The minimum absolute atomic E-state index is 0.00397. The molecule has 0 aliphatic heterocycles. The van der Waals surface area contributed by atoms with Crippen molar-refractivity contribution in [1.82, 2.24) is 0 Å². The molecule has 0 aromatic carbocycles. The van der Waals surface area contributed by atoms with Crippen molar-refractivity contribution in [2.45, 2.75) is 32.3 Å².